The number of para-hydroxylation sites is 1. The normalized spacial score (nSPS) is 13.2. The predicted octanol–water partition coefficient (Wildman–Crippen LogP) is 3.76. The molecule has 0 saturated heterocycles. The van der Waals surface area contributed by atoms with Crippen molar-refractivity contribution in [2.45, 2.75) is 25.7 Å². The van der Waals surface area contributed by atoms with Gasteiger partial charge in [-0.1, -0.05) is 12.1 Å². The van der Waals surface area contributed by atoms with Crippen molar-refractivity contribution < 1.29 is 14.6 Å². The number of phenols is 1. The molecule has 0 radical (unpaired) electrons. The Morgan fingerprint density at radius 1 is 1.33 bits per heavy atom. The van der Waals surface area contributed by atoms with Crippen molar-refractivity contribution in [3.63, 3.8) is 0 Å². The smallest absolute Gasteiger partial charge is 0.266 e. The molecular formula is C20H17N3O3S. The lowest BCUT2D eigenvalue weighted by molar-refractivity contribution is -0.112. The van der Waals surface area contributed by atoms with Crippen LogP contribution in [0.3, 0.4) is 0 Å². The van der Waals surface area contributed by atoms with Crippen molar-refractivity contribution >= 4 is 28.3 Å². The molecule has 1 aromatic carbocycles. The quantitative estimate of drug-likeness (QED) is 0.621. The van der Waals surface area contributed by atoms with Gasteiger partial charge in [-0.15, -0.1) is 11.3 Å². The fourth-order valence-corrected chi connectivity index (χ4v) is 4.30. The Bertz CT molecular complexity index is 1010. The van der Waals surface area contributed by atoms with Crippen molar-refractivity contribution in [1.82, 2.24) is 0 Å². The van der Waals surface area contributed by atoms with Gasteiger partial charge in [0, 0.05) is 10.4 Å². The van der Waals surface area contributed by atoms with Crippen molar-refractivity contribution in [2.24, 2.45) is 0 Å². The lowest BCUT2D eigenvalue weighted by atomic mass is 9.96. The third-order valence-corrected chi connectivity index (χ3v) is 5.63. The molecule has 2 aromatic rings. The Morgan fingerprint density at radius 3 is 2.81 bits per heavy atom. The monoisotopic (exact) mass is 379 g/mol. The second-order valence-corrected chi connectivity index (χ2v) is 7.15. The lowest BCUT2D eigenvalue weighted by Crippen LogP contribution is -2.13. The Kier molecular flexibility index (Phi) is 5.44. The highest BCUT2D eigenvalue weighted by Crippen LogP contribution is 2.38. The number of nitrogens with one attached hydrogen (secondary N) is 1. The van der Waals surface area contributed by atoms with Crippen LogP contribution in [0.4, 0.5) is 5.00 Å². The van der Waals surface area contributed by atoms with E-state index in [2.05, 4.69) is 11.4 Å². The summed E-state index contributed by atoms with van der Waals surface area (Å²) in [4.78, 5) is 13.7. The first-order chi connectivity index (χ1) is 13.1. The molecule has 27 heavy (non-hydrogen) atoms. The number of anilines is 1. The molecule has 136 valence electrons. The van der Waals surface area contributed by atoms with Crippen molar-refractivity contribution in [3.8, 4) is 23.6 Å². The number of methoxy groups -OCH3 is 1. The SMILES string of the molecule is COc1cccc(/C=C(\C#N)C(=O)Nc2sc3c(c2C#N)CCCC3)c1O. The molecule has 1 heterocycles. The summed E-state index contributed by atoms with van der Waals surface area (Å²) in [6, 6.07) is 8.84. The van der Waals surface area contributed by atoms with Crippen LogP contribution in [0.5, 0.6) is 11.5 Å². The van der Waals surface area contributed by atoms with Crippen LogP contribution in [-0.2, 0) is 17.6 Å². The van der Waals surface area contributed by atoms with E-state index in [1.807, 2.05) is 6.07 Å². The van der Waals surface area contributed by atoms with Crippen LogP contribution in [0.1, 0.15) is 34.4 Å². The van der Waals surface area contributed by atoms with E-state index in [4.69, 9.17) is 4.74 Å². The molecule has 0 saturated carbocycles. The third-order valence-electron chi connectivity index (χ3n) is 4.43. The minimum Gasteiger partial charge on any atom is -0.504 e. The number of nitriles is 2. The number of hydrogen-bond acceptors (Lipinski definition) is 6. The number of fused-ring (bicyclic) bond motifs is 1. The molecule has 1 aliphatic carbocycles. The molecule has 0 aliphatic heterocycles. The Balaban J connectivity index is 1.90. The maximum absolute atomic E-state index is 12.6. The average molecular weight is 379 g/mol. The van der Waals surface area contributed by atoms with Crippen LogP contribution in [0, 0.1) is 22.7 Å². The molecule has 0 spiro atoms. The van der Waals surface area contributed by atoms with Gasteiger partial charge in [0.15, 0.2) is 11.5 Å². The molecule has 0 fully saturated rings. The number of nitrogens with zero attached hydrogens (tertiary/aromatic N) is 2. The number of benzene rings is 1. The molecular weight excluding hydrogens is 362 g/mol. The Hall–Kier alpha value is -3.29. The molecule has 1 aliphatic rings. The largest absolute Gasteiger partial charge is 0.504 e. The summed E-state index contributed by atoms with van der Waals surface area (Å²) in [5.41, 5.74) is 1.63. The molecule has 1 aromatic heterocycles. The van der Waals surface area contributed by atoms with E-state index in [0.29, 0.717) is 16.1 Å². The fourth-order valence-electron chi connectivity index (χ4n) is 3.07. The van der Waals surface area contributed by atoms with Gasteiger partial charge in [0.25, 0.3) is 5.91 Å². The van der Waals surface area contributed by atoms with Crippen LogP contribution in [0.15, 0.2) is 23.8 Å². The Morgan fingerprint density at radius 2 is 2.11 bits per heavy atom. The van der Waals surface area contributed by atoms with Gasteiger partial charge in [-0.3, -0.25) is 4.79 Å². The summed E-state index contributed by atoms with van der Waals surface area (Å²) >= 11 is 1.40. The van der Waals surface area contributed by atoms with Gasteiger partial charge in [0.2, 0.25) is 0 Å². The summed E-state index contributed by atoms with van der Waals surface area (Å²) < 4.78 is 5.04. The molecule has 2 N–H and O–H groups in total. The zero-order valence-electron chi connectivity index (χ0n) is 14.7. The highest BCUT2D eigenvalue weighted by Gasteiger charge is 2.23. The standard InChI is InChI=1S/C20H17N3O3S/c1-26-16-7-4-5-12(18(16)24)9-13(10-21)19(25)23-20-15(11-22)14-6-2-3-8-17(14)27-20/h4-5,7,9,24H,2-3,6,8H2,1H3,(H,23,25)/b13-9+. The summed E-state index contributed by atoms with van der Waals surface area (Å²) in [5, 5.41) is 32.2. The van der Waals surface area contributed by atoms with E-state index in [1.54, 1.807) is 18.2 Å². The van der Waals surface area contributed by atoms with Gasteiger partial charge in [-0.05, 0) is 43.4 Å². The van der Waals surface area contributed by atoms with Crippen molar-refractivity contribution in [3.05, 3.63) is 45.3 Å². The maximum Gasteiger partial charge on any atom is 0.266 e. The van der Waals surface area contributed by atoms with Crippen LogP contribution in [0.2, 0.25) is 0 Å². The molecule has 7 heteroatoms. The molecule has 3 rings (SSSR count). The van der Waals surface area contributed by atoms with Gasteiger partial charge >= 0.3 is 0 Å². The lowest BCUT2D eigenvalue weighted by Gasteiger charge is -2.09. The first kappa shape index (κ1) is 18.5. The summed E-state index contributed by atoms with van der Waals surface area (Å²) in [5.74, 6) is -0.515. The first-order valence-electron chi connectivity index (χ1n) is 8.42. The van der Waals surface area contributed by atoms with Crippen molar-refractivity contribution in [1.29, 1.82) is 10.5 Å². The first-order valence-corrected chi connectivity index (χ1v) is 9.24. The Labute approximate surface area is 160 Å². The summed E-state index contributed by atoms with van der Waals surface area (Å²) in [7, 11) is 1.42. The van der Waals surface area contributed by atoms with Gasteiger partial charge in [-0.2, -0.15) is 10.5 Å². The topological polar surface area (TPSA) is 106 Å². The van der Waals surface area contributed by atoms with E-state index >= 15 is 0 Å². The highest BCUT2D eigenvalue weighted by molar-refractivity contribution is 7.16. The predicted molar refractivity (Wildman–Crippen MR) is 103 cm³/mol. The van der Waals surface area contributed by atoms with Crippen LogP contribution >= 0.6 is 11.3 Å². The molecule has 1 amide bonds. The second-order valence-electron chi connectivity index (χ2n) is 6.05. The van der Waals surface area contributed by atoms with E-state index in [0.717, 1.165) is 36.1 Å². The summed E-state index contributed by atoms with van der Waals surface area (Å²) in [6.07, 6.45) is 5.15. The number of carbonyl (C=O) groups is 1. The van der Waals surface area contributed by atoms with E-state index in [9.17, 15) is 20.4 Å². The van der Waals surface area contributed by atoms with Crippen LogP contribution < -0.4 is 10.1 Å². The average Bonchev–Trinajstić information content (AvgIpc) is 3.03. The number of hydrogen-bond donors (Lipinski definition) is 2. The molecule has 0 atom stereocenters. The molecule has 0 bridgehead atoms. The third kappa shape index (κ3) is 3.64. The number of aromatic hydroxyl groups is 1. The van der Waals surface area contributed by atoms with Gasteiger partial charge in [0.05, 0.1) is 12.7 Å². The van der Waals surface area contributed by atoms with Crippen LogP contribution in [0.25, 0.3) is 6.08 Å². The maximum atomic E-state index is 12.6. The van der Waals surface area contributed by atoms with Gasteiger partial charge in [-0.25, -0.2) is 0 Å². The number of rotatable bonds is 4. The van der Waals surface area contributed by atoms with Crippen molar-refractivity contribution in [2.75, 3.05) is 12.4 Å². The zero-order valence-corrected chi connectivity index (χ0v) is 15.5. The number of aryl methyl sites for hydroxylation is 1. The zero-order chi connectivity index (χ0) is 19.4. The van der Waals surface area contributed by atoms with Gasteiger partial charge < -0.3 is 15.2 Å². The number of carbonyl (C=O) groups excluding carboxylic acids is 1. The molecule has 6 nitrogen and oxygen atoms in total. The number of thiophene rings is 1. The minimum absolute atomic E-state index is 0.148. The number of phenolic OH excluding ortho intramolecular Hbond substituents is 1. The summed E-state index contributed by atoms with van der Waals surface area (Å²) in [6.45, 7) is 0. The number of ether oxygens (including phenoxy) is 1. The van der Waals surface area contributed by atoms with E-state index in [1.165, 1.54) is 24.5 Å². The second kappa shape index (κ2) is 7.94. The van der Waals surface area contributed by atoms with Gasteiger partial charge in [0.1, 0.15) is 22.7 Å². The fraction of sp³-hybridized carbons (Fsp3) is 0.250. The van der Waals surface area contributed by atoms with E-state index < -0.39 is 5.91 Å². The van der Waals surface area contributed by atoms with E-state index in [-0.39, 0.29) is 17.1 Å². The molecule has 0 unspecified atom stereocenters. The van der Waals surface area contributed by atoms with Crippen LogP contribution in [-0.4, -0.2) is 18.1 Å². The highest BCUT2D eigenvalue weighted by atomic mass is 32.1. The number of amides is 1. The minimum atomic E-state index is -0.616.